The van der Waals surface area contributed by atoms with E-state index in [1.165, 1.54) is 19.2 Å². The lowest BCUT2D eigenvalue weighted by atomic mass is 10.1. The Bertz CT molecular complexity index is 947. The van der Waals surface area contributed by atoms with Crippen molar-refractivity contribution in [1.82, 2.24) is 14.1 Å². The first kappa shape index (κ1) is 23.8. The van der Waals surface area contributed by atoms with Gasteiger partial charge in [0.05, 0.1) is 17.3 Å². The molecule has 1 aromatic rings. The van der Waals surface area contributed by atoms with E-state index >= 15 is 0 Å². The fourth-order valence-electron chi connectivity index (χ4n) is 3.83. The first-order valence-corrected chi connectivity index (χ1v) is 12.2. The Hall–Kier alpha value is -1.88. The molecule has 2 aliphatic heterocycles. The summed E-state index contributed by atoms with van der Waals surface area (Å²) in [5.41, 5.74) is 0.314. The Morgan fingerprint density at radius 2 is 1.97 bits per heavy atom. The number of carbonyl (C=O) groups excluding carboxylic acids is 2. The van der Waals surface area contributed by atoms with E-state index in [9.17, 15) is 18.0 Å². The van der Waals surface area contributed by atoms with Crippen molar-refractivity contribution in [1.29, 1.82) is 0 Å². The highest BCUT2D eigenvalue weighted by atomic mass is 35.5. The Morgan fingerprint density at radius 1 is 1.29 bits per heavy atom. The molecule has 0 aliphatic carbocycles. The maximum atomic E-state index is 13.1. The predicted molar refractivity (Wildman–Crippen MR) is 118 cm³/mol. The number of nitrogens with one attached hydrogen (secondary N) is 1. The van der Waals surface area contributed by atoms with Gasteiger partial charge in [-0.05, 0) is 19.4 Å². The van der Waals surface area contributed by atoms with Crippen LogP contribution < -0.4 is 10.1 Å². The number of anilines is 1. The molecule has 0 bridgehead atoms. The summed E-state index contributed by atoms with van der Waals surface area (Å²) in [6.45, 7) is 6.58. The molecular formula is C20H29ClN4O5S. The molecule has 2 aliphatic rings. The minimum atomic E-state index is -4.03. The van der Waals surface area contributed by atoms with Gasteiger partial charge in [-0.2, -0.15) is 4.31 Å². The van der Waals surface area contributed by atoms with E-state index in [-0.39, 0.29) is 40.6 Å². The van der Waals surface area contributed by atoms with Gasteiger partial charge in [-0.15, -0.1) is 0 Å². The minimum absolute atomic E-state index is 0.0534. The van der Waals surface area contributed by atoms with E-state index < -0.39 is 10.0 Å². The zero-order valence-electron chi connectivity index (χ0n) is 18.1. The molecule has 1 atom stereocenters. The molecule has 11 heteroatoms. The molecule has 1 unspecified atom stereocenters. The number of piperazine rings is 1. The van der Waals surface area contributed by atoms with Gasteiger partial charge in [0.1, 0.15) is 10.6 Å². The van der Waals surface area contributed by atoms with Gasteiger partial charge >= 0.3 is 0 Å². The minimum Gasteiger partial charge on any atom is -0.482 e. The number of hydrogen-bond acceptors (Lipinski definition) is 6. The third-order valence-corrected chi connectivity index (χ3v) is 7.98. The number of benzene rings is 1. The van der Waals surface area contributed by atoms with E-state index in [4.69, 9.17) is 16.3 Å². The van der Waals surface area contributed by atoms with Gasteiger partial charge in [0.25, 0.3) is 5.91 Å². The SMILES string of the molecule is CCCC(C)N1CCN(C(=O)CN(C)S(=O)(=O)c2cc3c(cc2Cl)NC(=O)CO3)CC1. The zero-order chi connectivity index (χ0) is 22.8. The molecule has 2 heterocycles. The molecule has 31 heavy (non-hydrogen) atoms. The second kappa shape index (κ2) is 9.72. The highest BCUT2D eigenvalue weighted by Gasteiger charge is 2.31. The van der Waals surface area contributed by atoms with Crippen LogP contribution in [0.2, 0.25) is 5.02 Å². The van der Waals surface area contributed by atoms with Gasteiger partial charge in [0.2, 0.25) is 15.9 Å². The van der Waals surface area contributed by atoms with Gasteiger partial charge in [-0.1, -0.05) is 24.9 Å². The van der Waals surface area contributed by atoms with E-state index in [0.29, 0.717) is 24.8 Å². The smallest absolute Gasteiger partial charge is 0.262 e. The lowest BCUT2D eigenvalue weighted by molar-refractivity contribution is -0.133. The Balaban J connectivity index is 1.65. The van der Waals surface area contributed by atoms with Crippen LogP contribution >= 0.6 is 11.6 Å². The average molecular weight is 473 g/mol. The van der Waals surface area contributed by atoms with Gasteiger partial charge in [-0.25, -0.2) is 8.42 Å². The molecule has 1 N–H and O–H groups in total. The fourth-order valence-corrected chi connectivity index (χ4v) is 5.47. The number of halogens is 1. The molecule has 172 valence electrons. The van der Waals surface area contributed by atoms with Gasteiger partial charge < -0.3 is 15.0 Å². The van der Waals surface area contributed by atoms with Crippen LogP contribution in [0, 0.1) is 0 Å². The van der Waals surface area contributed by atoms with E-state index in [1.54, 1.807) is 4.90 Å². The van der Waals surface area contributed by atoms with Crippen LogP contribution in [-0.4, -0.2) is 86.8 Å². The van der Waals surface area contributed by atoms with Crippen LogP contribution in [0.5, 0.6) is 5.75 Å². The third-order valence-electron chi connectivity index (χ3n) is 5.71. The van der Waals surface area contributed by atoms with Crippen LogP contribution in [0.3, 0.4) is 0 Å². The molecule has 0 saturated carbocycles. The third kappa shape index (κ3) is 5.31. The average Bonchev–Trinajstić information content (AvgIpc) is 2.73. The fraction of sp³-hybridized carbons (Fsp3) is 0.600. The summed E-state index contributed by atoms with van der Waals surface area (Å²) < 4.78 is 32.4. The number of rotatable bonds is 7. The van der Waals surface area contributed by atoms with Crippen molar-refractivity contribution in [2.45, 2.75) is 37.6 Å². The van der Waals surface area contributed by atoms with Crippen LogP contribution in [0.4, 0.5) is 5.69 Å². The molecule has 0 radical (unpaired) electrons. The van der Waals surface area contributed by atoms with Crippen molar-refractivity contribution in [3.63, 3.8) is 0 Å². The number of hydrogen-bond donors (Lipinski definition) is 1. The van der Waals surface area contributed by atoms with Crippen molar-refractivity contribution in [2.24, 2.45) is 0 Å². The molecular weight excluding hydrogens is 444 g/mol. The highest BCUT2D eigenvalue weighted by Crippen LogP contribution is 2.36. The second-order valence-electron chi connectivity index (χ2n) is 7.93. The summed E-state index contributed by atoms with van der Waals surface area (Å²) in [5, 5.41) is 2.53. The first-order valence-electron chi connectivity index (χ1n) is 10.4. The summed E-state index contributed by atoms with van der Waals surface area (Å²) in [7, 11) is -2.68. The van der Waals surface area contributed by atoms with Gasteiger partial charge in [0.15, 0.2) is 6.61 Å². The monoisotopic (exact) mass is 472 g/mol. The Morgan fingerprint density at radius 3 is 2.61 bits per heavy atom. The van der Waals surface area contributed by atoms with Crippen molar-refractivity contribution >= 4 is 39.1 Å². The molecule has 9 nitrogen and oxygen atoms in total. The Labute approximate surface area is 188 Å². The number of ether oxygens (including phenoxy) is 1. The Kier molecular flexibility index (Phi) is 7.46. The standard InChI is InChI=1S/C20H29ClN4O5S/c1-4-5-14(2)24-6-8-25(9-7-24)20(27)12-23(3)31(28,29)18-11-17-16(10-15(18)21)22-19(26)13-30-17/h10-11,14H,4-9,12-13H2,1-3H3,(H,22,26). The molecule has 3 rings (SSSR count). The van der Waals surface area contributed by atoms with E-state index in [0.717, 1.165) is 30.2 Å². The first-order chi connectivity index (χ1) is 14.6. The van der Waals surface area contributed by atoms with Crippen LogP contribution in [0.25, 0.3) is 0 Å². The van der Waals surface area contributed by atoms with Crippen molar-refractivity contribution in [3.05, 3.63) is 17.2 Å². The molecule has 1 fully saturated rings. The number of fused-ring (bicyclic) bond motifs is 1. The maximum Gasteiger partial charge on any atom is 0.262 e. The quantitative estimate of drug-likeness (QED) is 0.647. The van der Waals surface area contributed by atoms with Crippen molar-refractivity contribution in [3.8, 4) is 5.75 Å². The molecule has 1 aromatic carbocycles. The van der Waals surface area contributed by atoms with Gasteiger partial charge in [-0.3, -0.25) is 14.5 Å². The summed E-state index contributed by atoms with van der Waals surface area (Å²) in [6, 6.07) is 3.09. The van der Waals surface area contributed by atoms with E-state index in [1.807, 2.05) is 0 Å². The zero-order valence-corrected chi connectivity index (χ0v) is 19.6. The number of carbonyl (C=O) groups is 2. The number of sulfonamides is 1. The number of amides is 2. The predicted octanol–water partition coefficient (Wildman–Crippen LogP) is 1.62. The highest BCUT2D eigenvalue weighted by molar-refractivity contribution is 7.89. The molecule has 0 spiro atoms. The van der Waals surface area contributed by atoms with Crippen molar-refractivity contribution < 1.29 is 22.7 Å². The van der Waals surface area contributed by atoms with E-state index in [2.05, 4.69) is 24.1 Å². The van der Waals surface area contributed by atoms with Crippen LogP contribution in [0.1, 0.15) is 26.7 Å². The number of nitrogens with zero attached hydrogens (tertiary/aromatic N) is 3. The summed E-state index contributed by atoms with van der Waals surface area (Å²) in [5.74, 6) is -0.364. The normalized spacial score (nSPS) is 18.4. The topological polar surface area (TPSA) is 99.3 Å². The lowest BCUT2D eigenvalue weighted by Gasteiger charge is -2.38. The summed E-state index contributed by atoms with van der Waals surface area (Å²) in [6.07, 6.45) is 2.23. The summed E-state index contributed by atoms with van der Waals surface area (Å²) in [4.78, 5) is 28.1. The molecule has 1 saturated heterocycles. The largest absolute Gasteiger partial charge is 0.482 e. The lowest BCUT2D eigenvalue weighted by Crippen LogP contribution is -2.53. The number of likely N-dealkylation sites (N-methyl/N-ethyl adjacent to an activating group) is 1. The van der Waals surface area contributed by atoms with Crippen molar-refractivity contribution in [2.75, 3.05) is 51.7 Å². The van der Waals surface area contributed by atoms with Gasteiger partial charge in [0, 0.05) is 45.3 Å². The maximum absolute atomic E-state index is 13.1. The van der Waals surface area contributed by atoms with Crippen LogP contribution in [-0.2, 0) is 19.6 Å². The molecule has 2 amide bonds. The van der Waals surface area contributed by atoms with Crippen LogP contribution in [0.15, 0.2) is 17.0 Å². The summed E-state index contributed by atoms with van der Waals surface area (Å²) >= 11 is 6.18. The molecule has 0 aromatic heterocycles. The second-order valence-corrected chi connectivity index (χ2v) is 10.4.